The van der Waals surface area contributed by atoms with Gasteiger partial charge in [0.25, 0.3) is 0 Å². The number of nitrogen functional groups attached to an aromatic ring is 1. The highest BCUT2D eigenvalue weighted by Gasteiger charge is 2.03. The topological polar surface area (TPSA) is 92.9 Å². The van der Waals surface area contributed by atoms with Crippen LogP contribution >= 0.6 is 0 Å². The Labute approximate surface area is 91.9 Å². The number of hydrogen-bond donors (Lipinski definition) is 3. The van der Waals surface area contributed by atoms with Gasteiger partial charge in [-0.2, -0.15) is 4.98 Å². The fraction of sp³-hybridized carbons (Fsp3) is 0.100. The van der Waals surface area contributed by atoms with Crippen molar-refractivity contribution in [2.75, 3.05) is 11.2 Å². The Morgan fingerprint density at radius 1 is 1.31 bits per heavy atom. The smallest absolute Gasteiger partial charge is 0.244 e. The van der Waals surface area contributed by atoms with Crippen molar-refractivity contribution < 1.29 is 4.79 Å². The lowest BCUT2D eigenvalue weighted by Gasteiger charge is -2.07. The van der Waals surface area contributed by atoms with E-state index >= 15 is 0 Å². The summed E-state index contributed by atoms with van der Waals surface area (Å²) >= 11 is 0. The van der Waals surface area contributed by atoms with E-state index in [1.54, 1.807) is 0 Å². The van der Waals surface area contributed by atoms with E-state index in [1.807, 2.05) is 24.3 Å². The summed E-state index contributed by atoms with van der Waals surface area (Å²) < 4.78 is 0. The number of nitrogens with two attached hydrogens (primary N) is 1. The van der Waals surface area contributed by atoms with Crippen LogP contribution in [0.4, 0.5) is 11.8 Å². The van der Waals surface area contributed by atoms with Gasteiger partial charge in [0, 0.05) is 12.3 Å². The van der Waals surface area contributed by atoms with E-state index in [0.717, 1.165) is 10.9 Å². The molecule has 1 aromatic carbocycles. The molecule has 1 heterocycles. The number of nitrogens with zero attached hydrogens (tertiary/aromatic N) is 2. The van der Waals surface area contributed by atoms with Gasteiger partial charge in [0.05, 0.1) is 5.52 Å². The normalized spacial score (nSPS) is 10.1. The van der Waals surface area contributed by atoms with Crippen LogP contribution in [-0.4, -0.2) is 15.9 Å². The molecule has 1 amide bonds. The zero-order valence-corrected chi connectivity index (χ0v) is 8.69. The van der Waals surface area contributed by atoms with Crippen molar-refractivity contribution in [3.05, 3.63) is 24.3 Å². The predicted octanol–water partition coefficient (Wildman–Crippen LogP) is 0.675. The van der Waals surface area contributed by atoms with Gasteiger partial charge in [-0.25, -0.2) is 4.98 Å². The Balaban J connectivity index is 2.38. The molecule has 0 spiro atoms. The third-order valence-corrected chi connectivity index (χ3v) is 1.98. The maximum atomic E-state index is 10.7. The number of benzene rings is 1. The Bertz CT molecular complexity index is 540. The van der Waals surface area contributed by atoms with Gasteiger partial charge in [0.2, 0.25) is 11.9 Å². The molecular weight excluding hydrogens is 206 g/mol. The molecule has 0 atom stereocenters. The van der Waals surface area contributed by atoms with Crippen LogP contribution in [0.25, 0.3) is 10.9 Å². The van der Waals surface area contributed by atoms with E-state index in [1.165, 1.54) is 6.92 Å². The molecular formula is C10H11N5O. The number of anilines is 2. The fourth-order valence-corrected chi connectivity index (χ4v) is 1.30. The predicted molar refractivity (Wildman–Crippen MR) is 61.4 cm³/mol. The van der Waals surface area contributed by atoms with Gasteiger partial charge in [-0.05, 0) is 12.1 Å². The minimum atomic E-state index is -0.227. The van der Waals surface area contributed by atoms with Crippen molar-refractivity contribution in [1.29, 1.82) is 0 Å². The van der Waals surface area contributed by atoms with Gasteiger partial charge in [-0.1, -0.05) is 12.1 Å². The van der Waals surface area contributed by atoms with Gasteiger partial charge >= 0.3 is 0 Å². The maximum Gasteiger partial charge on any atom is 0.244 e. The number of rotatable bonds is 2. The number of carbonyl (C=O) groups is 1. The number of carbonyl (C=O) groups excluding carboxylic acids is 1. The van der Waals surface area contributed by atoms with Crippen LogP contribution in [0.5, 0.6) is 0 Å². The number of hydrogen-bond acceptors (Lipinski definition) is 5. The highest BCUT2D eigenvalue weighted by Crippen LogP contribution is 2.18. The molecule has 4 N–H and O–H groups in total. The first-order chi connectivity index (χ1) is 7.66. The molecule has 0 fully saturated rings. The van der Waals surface area contributed by atoms with Crippen molar-refractivity contribution in [1.82, 2.24) is 15.4 Å². The minimum absolute atomic E-state index is 0.227. The van der Waals surface area contributed by atoms with Crippen molar-refractivity contribution >= 4 is 28.6 Å². The molecule has 6 heteroatoms. The zero-order valence-electron chi connectivity index (χ0n) is 8.69. The summed E-state index contributed by atoms with van der Waals surface area (Å²) in [5.74, 6) is 0.417. The van der Waals surface area contributed by atoms with Gasteiger partial charge in [0.1, 0.15) is 5.82 Å². The summed E-state index contributed by atoms with van der Waals surface area (Å²) in [7, 11) is 0. The third-order valence-electron chi connectivity index (χ3n) is 1.98. The van der Waals surface area contributed by atoms with Crippen LogP contribution < -0.4 is 16.6 Å². The first kappa shape index (κ1) is 10.2. The third kappa shape index (κ3) is 2.00. The number of amides is 1. The molecule has 2 aromatic rings. The molecule has 0 radical (unpaired) electrons. The highest BCUT2D eigenvalue weighted by atomic mass is 16.2. The maximum absolute atomic E-state index is 10.7. The standard InChI is InChI=1S/C10H11N5O/c1-6(16)14-15-10-12-8-5-3-2-4-7(8)9(11)13-10/h2-5H,1H3,(H,14,16)(H3,11,12,13,15). The Kier molecular flexibility index (Phi) is 2.55. The van der Waals surface area contributed by atoms with Crippen molar-refractivity contribution in [3.8, 4) is 0 Å². The van der Waals surface area contributed by atoms with E-state index in [4.69, 9.17) is 5.73 Å². The Morgan fingerprint density at radius 2 is 2.06 bits per heavy atom. The van der Waals surface area contributed by atoms with E-state index in [2.05, 4.69) is 20.8 Å². The Hall–Kier alpha value is -2.37. The van der Waals surface area contributed by atoms with Crippen LogP contribution in [0.15, 0.2) is 24.3 Å². The van der Waals surface area contributed by atoms with Crippen LogP contribution in [0, 0.1) is 0 Å². The van der Waals surface area contributed by atoms with Crippen molar-refractivity contribution in [3.63, 3.8) is 0 Å². The summed E-state index contributed by atoms with van der Waals surface area (Å²) in [6.45, 7) is 1.39. The summed E-state index contributed by atoms with van der Waals surface area (Å²) in [4.78, 5) is 18.9. The lowest BCUT2D eigenvalue weighted by Crippen LogP contribution is -2.27. The average Bonchev–Trinajstić information content (AvgIpc) is 2.26. The number of fused-ring (bicyclic) bond motifs is 1. The second-order valence-electron chi connectivity index (χ2n) is 3.26. The molecule has 0 aliphatic carbocycles. The molecule has 0 unspecified atom stereocenters. The van der Waals surface area contributed by atoms with Crippen LogP contribution in [0.1, 0.15) is 6.92 Å². The molecule has 0 saturated heterocycles. The molecule has 0 aliphatic heterocycles. The monoisotopic (exact) mass is 217 g/mol. The first-order valence-corrected chi connectivity index (χ1v) is 4.71. The number of aromatic nitrogens is 2. The van der Waals surface area contributed by atoms with E-state index in [9.17, 15) is 4.79 Å². The minimum Gasteiger partial charge on any atom is -0.383 e. The van der Waals surface area contributed by atoms with Crippen molar-refractivity contribution in [2.24, 2.45) is 0 Å². The SMILES string of the molecule is CC(=O)NNc1nc(N)c2ccccc2n1. The Morgan fingerprint density at radius 3 is 2.81 bits per heavy atom. The van der Waals surface area contributed by atoms with Gasteiger partial charge in [-0.3, -0.25) is 15.6 Å². The summed E-state index contributed by atoms with van der Waals surface area (Å²) in [5.41, 5.74) is 11.4. The molecule has 2 rings (SSSR count). The quantitative estimate of drug-likeness (QED) is 0.643. The van der Waals surface area contributed by atoms with E-state index in [-0.39, 0.29) is 11.9 Å². The van der Waals surface area contributed by atoms with Crippen LogP contribution in [0.2, 0.25) is 0 Å². The van der Waals surface area contributed by atoms with Gasteiger partial charge < -0.3 is 5.73 Å². The van der Waals surface area contributed by atoms with Gasteiger partial charge in [0.15, 0.2) is 0 Å². The molecule has 1 aromatic heterocycles. The lowest BCUT2D eigenvalue weighted by molar-refractivity contribution is -0.118. The van der Waals surface area contributed by atoms with E-state index in [0.29, 0.717) is 5.82 Å². The van der Waals surface area contributed by atoms with Crippen LogP contribution in [0.3, 0.4) is 0 Å². The second-order valence-corrected chi connectivity index (χ2v) is 3.26. The van der Waals surface area contributed by atoms with Gasteiger partial charge in [-0.15, -0.1) is 0 Å². The van der Waals surface area contributed by atoms with E-state index < -0.39 is 0 Å². The number of nitrogens with one attached hydrogen (secondary N) is 2. The molecule has 0 bridgehead atoms. The molecule has 6 nitrogen and oxygen atoms in total. The molecule has 0 aliphatic rings. The fourth-order valence-electron chi connectivity index (χ4n) is 1.30. The highest BCUT2D eigenvalue weighted by molar-refractivity contribution is 5.88. The second kappa shape index (κ2) is 4.01. The summed E-state index contributed by atoms with van der Waals surface area (Å²) in [6.07, 6.45) is 0. The molecule has 0 saturated carbocycles. The molecule has 16 heavy (non-hydrogen) atoms. The number of hydrazine groups is 1. The van der Waals surface area contributed by atoms with Crippen LogP contribution in [-0.2, 0) is 4.79 Å². The average molecular weight is 217 g/mol. The molecule has 82 valence electrons. The lowest BCUT2D eigenvalue weighted by atomic mass is 10.2. The van der Waals surface area contributed by atoms with Crippen molar-refractivity contribution in [2.45, 2.75) is 6.92 Å². The summed E-state index contributed by atoms with van der Waals surface area (Å²) in [6, 6.07) is 7.39. The first-order valence-electron chi connectivity index (χ1n) is 4.71. The zero-order chi connectivity index (χ0) is 11.5. The summed E-state index contributed by atoms with van der Waals surface area (Å²) in [5, 5.41) is 0.788. The largest absolute Gasteiger partial charge is 0.383 e. The number of para-hydroxylation sites is 1.